The van der Waals surface area contributed by atoms with E-state index in [0.29, 0.717) is 16.6 Å². The van der Waals surface area contributed by atoms with Crippen molar-refractivity contribution in [2.24, 2.45) is 0 Å². The average molecular weight is 423 g/mol. The smallest absolute Gasteiger partial charge is 0.418 e. The van der Waals surface area contributed by atoms with Gasteiger partial charge in [0.05, 0.1) is 27.4 Å². The molecule has 0 atom stereocenters. The van der Waals surface area contributed by atoms with Gasteiger partial charge in [-0.1, -0.05) is 35.9 Å². The predicted molar refractivity (Wildman–Crippen MR) is 102 cm³/mol. The highest BCUT2D eigenvalue weighted by Gasteiger charge is 2.34. The van der Waals surface area contributed by atoms with Crippen molar-refractivity contribution >= 4 is 40.1 Å². The van der Waals surface area contributed by atoms with Crippen LogP contribution in [0.3, 0.4) is 0 Å². The highest BCUT2D eigenvalue weighted by atomic mass is 35.5. The molecule has 0 fully saturated rings. The van der Waals surface area contributed by atoms with Crippen molar-refractivity contribution in [1.82, 2.24) is 4.98 Å². The Morgan fingerprint density at radius 2 is 1.86 bits per heavy atom. The summed E-state index contributed by atoms with van der Waals surface area (Å²) in [6.45, 7) is 0.920. The lowest BCUT2D eigenvalue weighted by Crippen LogP contribution is -2.23. The zero-order chi connectivity index (χ0) is 21.2. The summed E-state index contributed by atoms with van der Waals surface area (Å²) in [6.07, 6.45) is -4.71. The van der Waals surface area contributed by atoms with Crippen LogP contribution in [0.15, 0.2) is 48.5 Å². The Bertz CT molecular complexity index is 1100. The third kappa shape index (κ3) is 4.65. The summed E-state index contributed by atoms with van der Waals surface area (Å²) in [7, 11) is 0. The highest BCUT2D eigenvalue weighted by Crippen LogP contribution is 2.38. The molecule has 3 rings (SSSR count). The summed E-state index contributed by atoms with van der Waals surface area (Å²) < 4.78 is 44.3. The molecule has 0 bridgehead atoms. The summed E-state index contributed by atoms with van der Waals surface area (Å²) in [5.41, 5.74) is -0.330. The molecule has 0 unspecified atom stereocenters. The van der Waals surface area contributed by atoms with Crippen molar-refractivity contribution in [3.8, 4) is 0 Å². The van der Waals surface area contributed by atoms with E-state index in [2.05, 4.69) is 10.3 Å². The molecule has 9 heteroatoms. The van der Waals surface area contributed by atoms with Crippen LogP contribution >= 0.6 is 11.6 Å². The molecule has 2 aromatic carbocycles. The fraction of sp³-hybridized carbons (Fsp3) is 0.150. The van der Waals surface area contributed by atoms with E-state index < -0.39 is 35.9 Å². The lowest BCUT2D eigenvalue weighted by atomic mass is 10.1. The number of carbonyl (C=O) groups is 2. The number of aromatic nitrogens is 1. The van der Waals surface area contributed by atoms with E-state index in [1.807, 2.05) is 0 Å². The summed E-state index contributed by atoms with van der Waals surface area (Å²) >= 11 is 5.79. The van der Waals surface area contributed by atoms with E-state index in [4.69, 9.17) is 16.3 Å². The zero-order valence-electron chi connectivity index (χ0n) is 15.0. The molecule has 0 aliphatic heterocycles. The van der Waals surface area contributed by atoms with Crippen LogP contribution in [0.1, 0.15) is 21.6 Å². The van der Waals surface area contributed by atoms with Crippen LogP contribution in [0.2, 0.25) is 5.02 Å². The fourth-order valence-electron chi connectivity index (χ4n) is 2.75. The molecule has 1 amide bonds. The first-order chi connectivity index (χ1) is 13.7. The van der Waals surface area contributed by atoms with Gasteiger partial charge in [-0.3, -0.25) is 9.78 Å². The second kappa shape index (κ2) is 8.08. The van der Waals surface area contributed by atoms with Crippen LogP contribution in [0, 0.1) is 6.92 Å². The summed E-state index contributed by atoms with van der Waals surface area (Å²) in [5.74, 6) is -1.75. The summed E-state index contributed by atoms with van der Waals surface area (Å²) in [5, 5.41) is 2.31. The molecule has 0 aliphatic rings. The van der Waals surface area contributed by atoms with Gasteiger partial charge < -0.3 is 10.1 Å². The molecule has 0 spiro atoms. The number of benzene rings is 2. The molecule has 29 heavy (non-hydrogen) atoms. The number of halogens is 4. The van der Waals surface area contributed by atoms with Crippen LogP contribution in [-0.2, 0) is 15.7 Å². The largest absolute Gasteiger partial charge is 0.452 e. The molecule has 1 aromatic heterocycles. The molecular formula is C20H14ClF3N2O3. The van der Waals surface area contributed by atoms with Crippen LogP contribution in [0.4, 0.5) is 18.9 Å². The monoisotopic (exact) mass is 422 g/mol. The maximum Gasteiger partial charge on any atom is 0.418 e. The van der Waals surface area contributed by atoms with E-state index in [-0.39, 0.29) is 10.6 Å². The van der Waals surface area contributed by atoms with Crippen LogP contribution in [0.5, 0.6) is 0 Å². The maximum absolute atomic E-state index is 13.1. The molecular weight excluding hydrogens is 409 g/mol. The number of fused-ring (bicyclic) bond motifs is 1. The van der Waals surface area contributed by atoms with Gasteiger partial charge in [0.1, 0.15) is 0 Å². The van der Waals surface area contributed by atoms with Gasteiger partial charge in [0, 0.05) is 11.1 Å². The van der Waals surface area contributed by atoms with Gasteiger partial charge in [0.25, 0.3) is 5.91 Å². The van der Waals surface area contributed by atoms with Crippen molar-refractivity contribution < 1.29 is 27.5 Å². The van der Waals surface area contributed by atoms with Crippen molar-refractivity contribution in [3.05, 3.63) is 70.4 Å². The number of rotatable bonds is 4. The average Bonchev–Trinajstić information content (AvgIpc) is 2.66. The number of pyridine rings is 1. The zero-order valence-corrected chi connectivity index (χ0v) is 15.8. The van der Waals surface area contributed by atoms with Crippen LogP contribution in [0.25, 0.3) is 10.9 Å². The first-order valence-corrected chi connectivity index (χ1v) is 8.73. The van der Waals surface area contributed by atoms with Crippen molar-refractivity contribution in [3.63, 3.8) is 0 Å². The van der Waals surface area contributed by atoms with Gasteiger partial charge in [-0.2, -0.15) is 13.2 Å². The molecule has 0 aliphatic carbocycles. The Morgan fingerprint density at radius 1 is 1.14 bits per heavy atom. The number of amides is 1. The SMILES string of the molecule is Cc1cc(C(=O)OCC(=O)Nc2c(Cl)cccc2C(F)(F)F)c2ccccc2n1. The van der Waals surface area contributed by atoms with Gasteiger partial charge >= 0.3 is 12.1 Å². The molecule has 1 N–H and O–H groups in total. The Labute approximate surface area is 168 Å². The third-order valence-corrected chi connectivity index (χ3v) is 4.30. The second-order valence-electron chi connectivity index (χ2n) is 6.11. The number of hydrogen-bond acceptors (Lipinski definition) is 4. The highest BCUT2D eigenvalue weighted by molar-refractivity contribution is 6.34. The van der Waals surface area contributed by atoms with E-state index in [1.54, 1.807) is 31.2 Å². The maximum atomic E-state index is 13.1. The molecule has 0 saturated carbocycles. The number of hydrogen-bond donors (Lipinski definition) is 1. The van der Waals surface area contributed by atoms with E-state index >= 15 is 0 Å². The molecule has 3 aromatic rings. The van der Waals surface area contributed by atoms with Crippen LogP contribution < -0.4 is 5.32 Å². The first kappa shape index (κ1) is 20.6. The van der Waals surface area contributed by atoms with Gasteiger partial charge in [0.15, 0.2) is 6.61 Å². The van der Waals surface area contributed by atoms with Crippen molar-refractivity contribution in [2.45, 2.75) is 13.1 Å². The second-order valence-corrected chi connectivity index (χ2v) is 6.52. The van der Waals surface area contributed by atoms with E-state index in [9.17, 15) is 22.8 Å². The number of aryl methyl sites for hydroxylation is 1. The first-order valence-electron chi connectivity index (χ1n) is 8.36. The number of para-hydroxylation sites is 2. The van der Waals surface area contributed by atoms with E-state index in [1.165, 1.54) is 12.1 Å². The number of ether oxygens (including phenoxy) is 1. The Balaban J connectivity index is 1.75. The minimum Gasteiger partial charge on any atom is -0.452 e. The standard InChI is InChI=1S/C20H14ClF3N2O3/c1-11-9-13(12-5-2-3-8-16(12)25-11)19(28)29-10-17(27)26-18-14(20(22,23)24)6-4-7-15(18)21/h2-9H,10H2,1H3,(H,26,27). The fourth-order valence-corrected chi connectivity index (χ4v) is 2.97. The minimum atomic E-state index is -4.71. The molecule has 1 heterocycles. The topological polar surface area (TPSA) is 68.3 Å². The normalized spacial score (nSPS) is 11.3. The lowest BCUT2D eigenvalue weighted by Gasteiger charge is -2.15. The Hall–Kier alpha value is -3.13. The molecule has 5 nitrogen and oxygen atoms in total. The van der Waals surface area contributed by atoms with Crippen molar-refractivity contribution in [2.75, 3.05) is 11.9 Å². The Morgan fingerprint density at radius 3 is 2.59 bits per heavy atom. The quantitative estimate of drug-likeness (QED) is 0.600. The number of esters is 1. The number of alkyl halides is 3. The van der Waals surface area contributed by atoms with E-state index in [0.717, 1.165) is 12.1 Å². The molecule has 150 valence electrons. The molecule has 0 saturated heterocycles. The number of carbonyl (C=O) groups excluding carboxylic acids is 2. The third-order valence-electron chi connectivity index (χ3n) is 3.98. The predicted octanol–water partition coefficient (Wildman–Crippen LogP) is 5.01. The van der Waals surface area contributed by atoms with Crippen LogP contribution in [-0.4, -0.2) is 23.5 Å². The Kier molecular flexibility index (Phi) is 5.74. The molecule has 0 radical (unpaired) electrons. The number of anilines is 1. The summed E-state index contributed by atoms with van der Waals surface area (Å²) in [6, 6.07) is 11.5. The number of nitrogens with one attached hydrogen (secondary N) is 1. The van der Waals surface area contributed by atoms with Gasteiger partial charge in [-0.25, -0.2) is 4.79 Å². The summed E-state index contributed by atoms with van der Waals surface area (Å²) in [4.78, 5) is 28.8. The van der Waals surface area contributed by atoms with Gasteiger partial charge in [-0.05, 0) is 31.2 Å². The van der Waals surface area contributed by atoms with Crippen molar-refractivity contribution in [1.29, 1.82) is 0 Å². The van der Waals surface area contributed by atoms with Gasteiger partial charge in [0.2, 0.25) is 0 Å². The minimum absolute atomic E-state index is 0.203. The van der Waals surface area contributed by atoms with Gasteiger partial charge in [-0.15, -0.1) is 0 Å². The lowest BCUT2D eigenvalue weighted by molar-refractivity contribution is -0.137. The number of nitrogens with zero attached hydrogens (tertiary/aromatic N) is 1.